The molecule has 25 heavy (non-hydrogen) atoms. The highest BCUT2D eigenvalue weighted by molar-refractivity contribution is 6.06. The first-order chi connectivity index (χ1) is 12.2. The van der Waals surface area contributed by atoms with E-state index in [1.54, 1.807) is 30.3 Å². The zero-order valence-corrected chi connectivity index (χ0v) is 13.5. The fourth-order valence-corrected chi connectivity index (χ4v) is 3.03. The zero-order chi connectivity index (χ0) is 17.4. The maximum absolute atomic E-state index is 13.1. The zero-order valence-electron chi connectivity index (χ0n) is 13.5. The van der Waals surface area contributed by atoms with Crippen LogP contribution in [0.3, 0.4) is 0 Å². The third-order valence-corrected chi connectivity index (χ3v) is 4.26. The van der Waals surface area contributed by atoms with Crippen molar-refractivity contribution in [3.05, 3.63) is 82.7 Å². The molecular formula is C21H14O4. The second-order valence-electron chi connectivity index (χ2n) is 5.71. The number of hydrogen-bond donors (Lipinski definition) is 0. The molecule has 1 aromatic heterocycles. The van der Waals surface area contributed by atoms with Crippen molar-refractivity contribution < 1.29 is 13.9 Å². The third kappa shape index (κ3) is 2.48. The van der Waals surface area contributed by atoms with Gasteiger partial charge in [0.15, 0.2) is 0 Å². The van der Waals surface area contributed by atoms with Crippen LogP contribution in [-0.4, -0.2) is 13.1 Å². The topological polar surface area (TPSA) is 56.5 Å². The van der Waals surface area contributed by atoms with Crippen LogP contribution in [0.5, 0.6) is 0 Å². The lowest BCUT2D eigenvalue weighted by Crippen LogP contribution is -2.06. The van der Waals surface area contributed by atoms with E-state index in [1.807, 2.05) is 30.3 Å². The summed E-state index contributed by atoms with van der Waals surface area (Å²) < 4.78 is 10.4. The molecule has 0 fully saturated rings. The van der Waals surface area contributed by atoms with E-state index in [0.29, 0.717) is 27.7 Å². The molecule has 0 atom stereocenters. The van der Waals surface area contributed by atoms with Crippen LogP contribution < -0.4 is 5.43 Å². The van der Waals surface area contributed by atoms with Crippen LogP contribution >= 0.6 is 0 Å². The van der Waals surface area contributed by atoms with E-state index in [1.165, 1.54) is 13.4 Å². The van der Waals surface area contributed by atoms with Gasteiger partial charge in [0.1, 0.15) is 11.8 Å². The van der Waals surface area contributed by atoms with Crippen LogP contribution in [0.15, 0.2) is 76.1 Å². The van der Waals surface area contributed by atoms with E-state index in [0.717, 1.165) is 10.8 Å². The molecular weight excluding hydrogens is 316 g/mol. The average molecular weight is 330 g/mol. The predicted octanol–water partition coefficient (Wildman–Crippen LogP) is 4.40. The monoisotopic (exact) mass is 330 g/mol. The summed E-state index contributed by atoms with van der Waals surface area (Å²) in [6, 6.07) is 18.2. The van der Waals surface area contributed by atoms with Crippen LogP contribution in [0.4, 0.5) is 0 Å². The van der Waals surface area contributed by atoms with Crippen molar-refractivity contribution in [3.8, 4) is 11.1 Å². The van der Waals surface area contributed by atoms with Crippen LogP contribution in [0, 0.1) is 0 Å². The molecule has 0 unspecified atom stereocenters. The Morgan fingerprint density at radius 1 is 1.00 bits per heavy atom. The number of esters is 1. The van der Waals surface area contributed by atoms with Crippen LogP contribution in [0.1, 0.15) is 10.4 Å². The molecule has 0 spiro atoms. The number of rotatable bonds is 2. The number of hydrogen-bond acceptors (Lipinski definition) is 4. The first-order valence-corrected chi connectivity index (χ1v) is 7.81. The normalized spacial score (nSPS) is 10.9. The number of carbonyl (C=O) groups excluding carboxylic acids is 1. The Bertz CT molecular complexity index is 1170. The summed E-state index contributed by atoms with van der Waals surface area (Å²) in [5.74, 6) is -0.447. The smallest absolute Gasteiger partial charge is 0.337 e. The van der Waals surface area contributed by atoms with Crippen molar-refractivity contribution in [2.24, 2.45) is 0 Å². The van der Waals surface area contributed by atoms with Gasteiger partial charge >= 0.3 is 5.97 Å². The molecule has 0 radical (unpaired) electrons. The molecule has 4 heteroatoms. The number of ether oxygens (including phenoxy) is 1. The first-order valence-electron chi connectivity index (χ1n) is 7.81. The third-order valence-electron chi connectivity index (χ3n) is 4.26. The second-order valence-corrected chi connectivity index (χ2v) is 5.71. The molecule has 0 aliphatic carbocycles. The van der Waals surface area contributed by atoms with Gasteiger partial charge < -0.3 is 9.15 Å². The van der Waals surface area contributed by atoms with Crippen molar-refractivity contribution in [1.29, 1.82) is 0 Å². The van der Waals surface area contributed by atoms with Gasteiger partial charge in [-0.15, -0.1) is 0 Å². The molecule has 0 aliphatic rings. The van der Waals surface area contributed by atoms with E-state index >= 15 is 0 Å². The first kappa shape index (κ1) is 15.1. The summed E-state index contributed by atoms with van der Waals surface area (Å²) >= 11 is 0. The summed E-state index contributed by atoms with van der Waals surface area (Å²) in [6.07, 6.45) is 1.44. The van der Waals surface area contributed by atoms with Crippen molar-refractivity contribution in [3.63, 3.8) is 0 Å². The number of methoxy groups -OCH3 is 1. The Hall–Kier alpha value is -3.40. The molecule has 4 nitrogen and oxygen atoms in total. The van der Waals surface area contributed by atoms with Gasteiger partial charge in [0.05, 0.1) is 23.6 Å². The summed E-state index contributed by atoms with van der Waals surface area (Å²) in [6.45, 7) is 0. The Kier molecular flexibility index (Phi) is 3.58. The largest absolute Gasteiger partial charge is 0.465 e. The highest BCUT2D eigenvalue weighted by Crippen LogP contribution is 2.26. The Morgan fingerprint density at radius 3 is 2.68 bits per heavy atom. The highest BCUT2D eigenvalue weighted by atomic mass is 16.5. The molecule has 0 aliphatic heterocycles. The molecule has 122 valence electrons. The molecule has 1 heterocycles. The van der Waals surface area contributed by atoms with E-state index in [4.69, 9.17) is 9.15 Å². The Morgan fingerprint density at radius 2 is 1.84 bits per heavy atom. The van der Waals surface area contributed by atoms with E-state index in [9.17, 15) is 9.59 Å². The number of carbonyl (C=O) groups is 1. The van der Waals surface area contributed by atoms with E-state index < -0.39 is 5.97 Å². The van der Waals surface area contributed by atoms with Gasteiger partial charge in [-0.3, -0.25) is 4.79 Å². The van der Waals surface area contributed by atoms with Gasteiger partial charge in [0, 0.05) is 0 Å². The Balaban J connectivity index is 2.01. The SMILES string of the molecule is COC(=O)c1cccc(-c2coc3ccc4ccccc4c3c2=O)c1. The van der Waals surface area contributed by atoms with Gasteiger partial charge in [-0.25, -0.2) is 4.79 Å². The summed E-state index contributed by atoms with van der Waals surface area (Å²) in [7, 11) is 1.32. The van der Waals surface area contributed by atoms with Crippen LogP contribution in [0.2, 0.25) is 0 Å². The van der Waals surface area contributed by atoms with E-state index in [2.05, 4.69) is 0 Å². The highest BCUT2D eigenvalue weighted by Gasteiger charge is 2.13. The maximum atomic E-state index is 13.1. The maximum Gasteiger partial charge on any atom is 0.337 e. The second kappa shape index (κ2) is 5.91. The number of fused-ring (bicyclic) bond motifs is 3. The lowest BCUT2D eigenvalue weighted by atomic mass is 10.0. The number of benzene rings is 3. The summed E-state index contributed by atoms with van der Waals surface area (Å²) in [5, 5.41) is 2.36. The molecule has 3 aromatic carbocycles. The van der Waals surface area contributed by atoms with Crippen LogP contribution in [0.25, 0.3) is 32.9 Å². The molecule has 4 rings (SSSR count). The minimum atomic E-state index is -0.447. The average Bonchev–Trinajstić information content (AvgIpc) is 2.67. The van der Waals surface area contributed by atoms with Crippen molar-refractivity contribution in [2.45, 2.75) is 0 Å². The van der Waals surface area contributed by atoms with Crippen molar-refractivity contribution in [2.75, 3.05) is 7.11 Å². The van der Waals surface area contributed by atoms with Gasteiger partial charge in [-0.05, 0) is 34.5 Å². The lowest BCUT2D eigenvalue weighted by Gasteiger charge is -2.07. The van der Waals surface area contributed by atoms with Crippen LogP contribution in [-0.2, 0) is 4.74 Å². The molecule has 0 saturated carbocycles. The van der Waals surface area contributed by atoms with E-state index in [-0.39, 0.29) is 5.43 Å². The molecule has 0 saturated heterocycles. The predicted molar refractivity (Wildman–Crippen MR) is 96.8 cm³/mol. The molecule has 0 bridgehead atoms. The Labute approximate surface area is 143 Å². The quantitative estimate of drug-likeness (QED) is 0.404. The minimum absolute atomic E-state index is 0.125. The van der Waals surface area contributed by atoms with Crippen molar-refractivity contribution >= 4 is 27.7 Å². The van der Waals surface area contributed by atoms with Gasteiger partial charge in [0.25, 0.3) is 0 Å². The minimum Gasteiger partial charge on any atom is -0.465 e. The fraction of sp³-hybridized carbons (Fsp3) is 0.0476. The molecule has 4 aromatic rings. The standard InChI is InChI=1S/C21H14O4/c1-24-21(23)15-7-4-6-14(11-15)17-12-25-18-10-9-13-5-2-3-8-16(13)19(18)20(17)22/h2-12H,1H3. The van der Waals surface area contributed by atoms with Gasteiger partial charge in [0.2, 0.25) is 5.43 Å². The molecule has 0 N–H and O–H groups in total. The molecule has 0 amide bonds. The lowest BCUT2D eigenvalue weighted by molar-refractivity contribution is 0.0601. The van der Waals surface area contributed by atoms with Gasteiger partial charge in [-0.2, -0.15) is 0 Å². The van der Waals surface area contributed by atoms with Gasteiger partial charge in [-0.1, -0.05) is 42.5 Å². The summed E-state index contributed by atoms with van der Waals surface area (Å²) in [5.41, 5.74) is 1.83. The fourth-order valence-electron chi connectivity index (χ4n) is 3.03. The summed E-state index contributed by atoms with van der Waals surface area (Å²) in [4.78, 5) is 24.9. The van der Waals surface area contributed by atoms with Crippen molar-refractivity contribution in [1.82, 2.24) is 0 Å².